The van der Waals surface area contributed by atoms with Crippen molar-refractivity contribution in [3.05, 3.63) is 0 Å². The van der Waals surface area contributed by atoms with E-state index in [1.807, 2.05) is 6.92 Å². The number of hydrogen-bond acceptors (Lipinski definition) is 7. The van der Waals surface area contributed by atoms with Crippen molar-refractivity contribution < 1.29 is 28.7 Å². The molecule has 0 aromatic carbocycles. The van der Waals surface area contributed by atoms with Gasteiger partial charge in [0, 0.05) is 0 Å². The molecule has 0 radical (unpaired) electrons. The highest BCUT2D eigenvalue weighted by atomic mass is 32.1. The van der Waals surface area contributed by atoms with Gasteiger partial charge in [-0.3, -0.25) is 4.74 Å². The average molecular weight is 580 g/mol. The zero-order chi connectivity index (χ0) is 28.7. The molecule has 0 saturated heterocycles. The Labute approximate surface area is 241 Å². The van der Waals surface area contributed by atoms with Gasteiger partial charge in [-0.25, -0.2) is 4.79 Å². The predicted octanol–water partition coefficient (Wildman–Crippen LogP) is 9.31. The van der Waals surface area contributed by atoms with Crippen LogP contribution in [0.15, 0.2) is 0 Å². The smallest absolute Gasteiger partial charge is 0.455 e. The van der Waals surface area contributed by atoms with E-state index in [1.54, 1.807) is 13.8 Å². The third-order valence-corrected chi connectivity index (χ3v) is 7.85. The highest BCUT2D eigenvalue weighted by molar-refractivity contribution is 7.80. The van der Waals surface area contributed by atoms with Crippen LogP contribution in [0.5, 0.6) is 0 Å². The highest BCUT2D eigenvalue weighted by Gasteiger charge is 2.52. The number of carbonyl (C=O) groups excluding carboxylic acids is 1. The van der Waals surface area contributed by atoms with E-state index in [2.05, 4.69) is 26.5 Å². The molecule has 0 amide bonds. The zero-order valence-corrected chi connectivity index (χ0v) is 27.1. The Kier molecular flexibility index (Phi) is 24.5. The standard InChI is InChI=1S/C30H59O6PS/c1-6-9-11-13-15-16-17-19-21-23-26(22-20-18-14-12-10-7-2)24-28(38)35-27(8-3)36-30(32,37-33)29(31)34-25(4)5/h25-28,32,38H,6-24H2,1-5H3/p+1. The number of ether oxygens (including phenoxy) is 3. The van der Waals surface area contributed by atoms with Gasteiger partial charge in [-0.2, -0.15) is 0 Å². The van der Waals surface area contributed by atoms with E-state index in [9.17, 15) is 14.5 Å². The molecule has 0 aliphatic rings. The van der Waals surface area contributed by atoms with Crippen molar-refractivity contribution in [1.82, 2.24) is 0 Å². The summed E-state index contributed by atoms with van der Waals surface area (Å²) in [5.74, 6) is -0.554. The molecule has 0 bridgehead atoms. The fourth-order valence-corrected chi connectivity index (χ4v) is 5.41. The molecule has 6 nitrogen and oxygen atoms in total. The Morgan fingerprint density at radius 2 is 1.26 bits per heavy atom. The van der Waals surface area contributed by atoms with E-state index in [4.69, 9.17) is 14.2 Å². The molecule has 1 N–H and O–H groups in total. The SMILES string of the molecule is CCCCCCCCCCCC(CCCCCCCC)CC(S)OC(CC)OC(O)([PH+]=O)C(=O)OC(C)C. The Morgan fingerprint density at radius 1 is 0.816 bits per heavy atom. The molecule has 0 aliphatic heterocycles. The summed E-state index contributed by atoms with van der Waals surface area (Å²) in [5.41, 5.74) is -2.93. The van der Waals surface area contributed by atoms with Crippen molar-refractivity contribution in [3.8, 4) is 0 Å². The van der Waals surface area contributed by atoms with Gasteiger partial charge in [-0.05, 0) is 32.6 Å². The second-order valence-electron chi connectivity index (χ2n) is 11.0. The summed E-state index contributed by atoms with van der Waals surface area (Å²) < 4.78 is 28.1. The van der Waals surface area contributed by atoms with Crippen molar-refractivity contribution in [2.45, 2.75) is 180 Å². The number of hydrogen-bond donors (Lipinski definition) is 2. The van der Waals surface area contributed by atoms with Crippen LogP contribution in [0.3, 0.4) is 0 Å². The van der Waals surface area contributed by atoms with Gasteiger partial charge >= 0.3 is 20.0 Å². The van der Waals surface area contributed by atoms with Gasteiger partial charge in [-0.15, -0.1) is 12.6 Å². The maximum atomic E-state index is 12.2. The van der Waals surface area contributed by atoms with Crippen molar-refractivity contribution in [2.24, 2.45) is 5.92 Å². The van der Waals surface area contributed by atoms with E-state index in [-0.39, 0.29) is 0 Å². The average Bonchev–Trinajstić information content (AvgIpc) is 2.88. The summed E-state index contributed by atoms with van der Waals surface area (Å²) in [7, 11) is -1.43. The third kappa shape index (κ3) is 19.8. The third-order valence-electron chi connectivity index (χ3n) is 6.92. The summed E-state index contributed by atoms with van der Waals surface area (Å²) in [4.78, 5) is 12.2. The van der Waals surface area contributed by atoms with E-state index >= 15 is 0 Å². The summed E-state index contributed by atoms with van der Waals surface area (Å²) in [5, 5.41) is 10.5. The zero-order valence-electron chi connectivity index (χ0n) is 25.2. The number of carbonyl (C=O) groups is 1. The molecule has 5 unspecified atom stereocenters. The highest BCUT2D eigenvalue weighted by Crippen LogP contribution is 2.30. The fourth-order valence-electron chi connectivity index (χ4n) is 4.66. The van der Waals surface area contributed by atoms with Crippen LogP contribution in [0.25, 0.3) is 0 Å². The topological polar surface area (TPSA) is 82.1 Å². The molecule has 0 saturated carbocycles. The first-order valence-corrected chi connectivity index (χ1v) is 17.0. The van der Waals surface area contributed by atoms with Crippen molar-refractivity contribution in [2.75, 3.05) is 0 Å². The largest absolute Gasteiger partial charge is 0.472 e. The molecule has 226 valence electrons. The van der Waals surface area contributed by atoms with Gasteiger partial charge in [0.2, 0.25) is 0 Å². The van der Waals surface area contributed by atoms with Gasteiger partial charge in [0.1, 0.15) is 5.44 Å². The summed E-state index contributed by atoms with van der Waals surface area (Å²) >= 11 is 4.68. The lowest BCUT2D eigenvalue weighted by atomic mass is 9.91. The quantitative estimate of drug-likeness (QED) is 0.0332. The van der Waals surface area contributed by atoms with Crippen LogP contribution < -0.4 is 0 Å². The minimum Gasteiger partial charge on any atom is -0.455 e. The molecule has 38 heavy (non-hydrogen) atoms. The van der Waals surface area contributed by atoms with Crippen LogP contribution in [-0.4, -0.2) is 34.4 Å². The van der Waals surface area contributed by atoms with E-state index in [1.165, 1.54) is 96.3 Å². The van der Waals surface area contributed by atoms with E-state index in [0.717, 1.165) is 19.3 Å². The van der Waals surface area contributed by atoms with Gasteiger partial charge in [0.25, 0.3) is 0 Å². The number of aliphatic hydroxyl groups is 1. The van der Waals surface area contributed by atoms with Crippen LogP contribution in [0.1, 0.15) is 157 Å². The molecule has 0 fully saturated rings. The molecule has 0 aromatic heterocycles. The molecule has 0 aromatic rings. The van der Waals surface area contributed by atoms with Gasteiger partial charge in [0.15, 0.2) is 6.29 Å². The lowest BCUT2D eigenvalue weighted by Crippen LogP contribution is -2.42. The monoisotopic (exact) mass is 579 g/mol. The first kappa shape index (κ1) is 37.8. The normalized spacial score (nSPS) is 15.9. The molecule has 0 heterocycles. The molecule has 8 heteroatoms. The maximum absolute atomic E-state index is 12.2. The summed E-state index contributed by atoms with van der Waals surface area (Å²) in [6.45, 7) is 9.63. The molecule has 0 rings (SSSR count). The molecule has 0 spiro atoms. The van der Waals surface area contributed by atoms with Crippen LogP contribution in [0.2, 0.25) is 0 Å². The number of esters is 1. The molecular weight excluding hydrogens is 519 g/mol. The minimum atomic E-state index is -2.53. The summed E-state index contributed by atoms with van der Waals surface area (Å²) in [6.07, 6.45) is 21.7. The Bertz CT molecular complexity index is 579. The second kappa shape index (κ2) is 24.6. The minimum absolute atomic E-state index is 0.374. The molecule has 5 atom stereocenters. The second-order valence-corrected chi connectivity index (χ2v) is 12.5. The van der Waals surface area contributed by atoms with E-state index in [0.29, 0.717) is 12.3 Å². The maximum Gasteiger partial charge on any atom is 0.472 e. The summed E-state index contributed by atoms with van der Waals surface area (Å²) in [6, 6.07) is 0. The van der Waals surface area contributed by atoms with Crippen molar-refractivity contribution in [1.29, 1.82) is 0 Å². The Balaban J connectivity index is 4.75. The van der Waals surface area contributed by atoms with Crippen LogP contribution >= 0.6 is 21.1 Å². The van der Waals surface area contributed by atoms with Gasteiger partial charge < -0.3 is 14.6 Å². The lowest BCUT2D eigenvalue weighted by molar-refractivity contribution is -0.260. The van der Waals surface area contributed by atoms with Crippen molar-refractivity contribution >= 4 is 27.1 Å². The first-order chi connectivity index (χ1) is 18.2. The van der Waals surface area contributed by atoms with Crippen LogP contribution in [0, 0.1) is 5.92 Å². The number of thiol groups is 1. The van der Waals surface area contributed by atoms with Crippen LogP contribution in [-0.2, 0) is 23.6 Å². The Hall–Kier alpha value is -0.200. The number of unbranched alkanes of at least 4 members (excludes halogenated alkanes) is 13. The van der Waals surface area contributed by atoms with Gasteiger partial charge in [0.05, 0.1) is 6.10 Å². The fraction of sp³-hybridized carbons (Fsp3) is 0.967. The van der Waals surface area contributed by atoms with Crippen LogP contribution in [0.4, 0.5) is 0 Å². The Morgan fingerprint density at radius 3 is 1.66 bits per heavy atom. The van der Waals surface area contributed by atoms with Gasteiger partial charge in [-0.1, -0.05) is 134 Å². The number of rotatable bonds is 27. The lowest BCUT2D eigenvalue weighted by Gasteiger charge is -2.26. The first-order valence-electron chi connectivity index (χ1n) is 15.6. The van der Waals surface area contributed by atoms with Crippen molar-refractivity contribution in [3.63, 3.8) is 0 Å². The predicted molar refractivity (Wildman–Crippen MR) is 162 cm³/mol. The van der Waals surface area contributed by atoms with E-state index < -0.39 is 37.8 Å². The molecular formula is C30H60O6PS+. The molecule has 0 aliphatic carbocycles.